The van der Waals surface area contributed by atoms with Gasteiger partial charge < -0.3 is 0 Å². The van der Waals surface area contributed by atoms with Crippen molar-refractivity contribution in [2.24, 2.45) is 0 Å². The predicted molar refractivity (Wildman–Crippen MR) is 25.3 cm³/mol. The molecular formula is C4H8Cl+. The Morgan fingerprint density at radius 2 is 2.20 bits per heavy atom. The van der Waals surface area contributed by atoms with E-state index in [1.54, 1.807) is 0 Å². The average molecular weight is 91.6 g/mol. The van der Waals surface area contributed by atoms with E-state index in [9.17, 15) is 0 Å². The second-order valence-corrected chi connectivity index (χ2v) is 1.81. The minimum absolute atomic E-state index is 0.245. The third kappa shape index (κ3) is 4.16. The van der Waals surface area contributed by atoms with Gasteiger partial charge in [-0.1, -0.05) is 0 Å². The van der Waals surface area contributed by atoms with Crippen LogP contribution in [0.25, 0.3) is 0 Å². The fourth-order valence-corrected chi connectivity index (χ4v) is 0. The molecule has 0 bridgehead atoms. The highest BCUT2D eigenvalue weighted by Gasteiger charge is 1.89. The lowest BCUT2D eigenvalue weighted by molar-refractivity contribution is 0.966. The van der Waals surface area contributed by atoms with Gasteiger partial charge in [0.25, 0.3) is 0 Å². The van der Waals surface area contributed by atoms with E-state index in [4.69, 9.17) is 11.6 Å². The zero-order chi connectivity index (χ0) is 4.28. The molecule has 0 aromatic carbocycles. The summed E-state index contributed by atoms with van der Waals surface area (Å²) in [6.45, 7) is 5.48. The lowest BCUT2D eigenvalue weighted by atomic mass is 10.4. The van der Waals surface area contributed by atoms with Gasteiger partial charge in [-0.25, -0.2) is 0 Å². The van der Waals surface area contributed by atoms with Crippen LogP contribution in [0.15, 0.2) is 0 Å². The Labute approximate surface area is 38.1 Å². The fourth-order valence-electron chi connectivity index (χ4n) is 0. The van der Waals surface area contributed by atoms with E-state index in [1.807, 2.05) is 6.92 Å². The van der Waals surface area contributed by atoms with E-state index in [2.05, 4.69) is 6.92 Å². The van der Waals surface area contributed by atoms with Crippen molar-refractivity contribution in [3.8, 4) is 0 Å². The molecule has 30 valence electrons. The summed E-state index contributed by atoms with van der Waals surface area (Å²) in [6.07, 6.45) is 0.821. The van der Waals surface area contributed by atoms with Crippen molar-refractivity contribution < 1.29 is 0 Å². The molecule has 0 amide bonds. The third-order valence-corrected chi connectivity index (χ3v) is 0.616. The molecule has 1 atom stereocenters. The molecule has 0 nitrogen and oxygen atoms in total. The lowest BCUT2D eigenvalue weighted by Crippen LogP contribution is -1.81. The first kappa shape index (κ1) is 5.16. The molecule has 0 N–H and O–H groups in total. The molecule has 0 aliphatic heterocycles. The van der Waals surface area contributed by atoms with Crippen LogP contribution in [0.1, 0.15) is 13.3 Å². The van der Waals surface area contributed by atoms with Crippen LogP contribution in [0, 0.1) is 6.92 Å². The summed E-state index contributed by atoms with van der Waals surface area (Å²) in [6, 6.07) is 0. The third-order valence-electron chi connectivity index (χ3n) is 0.398. The SMILES string of the molecule is [CH2+]CC(C)Cl. The first-order valence-corrected chi connectivity index (χ1v) is 2.14. The van der Waals surface area contributed by atoms with Crippen LogP contribution in [0.5, 0.6) is 0 Å². The number of hydrogen-bond donors (Lipinski definition) is 0. The van der Waals surface area contributed by atoms with Crippen molar-refractivity contribution in [3.63, 3.8) is 0 Å². The molecule has 0 saturated heterocycles. The van der Waals surface area contributed by atoms with E-state index in [0.717, 1.165) is 6.42 Å². The molecular weight excluding hydrogens is 83.5 g/mol. The molecule has 0 saturated carbocycles. The Bertz CT molecular complexity index is 17.6. The summed E-state index contributed by atoms with van der Waals surface area (Å²) >= 11 is 5.40. The Kier molecular flexibility index (Phi) is 2.48. The summed E-state index contributed by atoms with van der Waals surface area (Å²) in [4.78, 5) is 0. The lowest BCUT2D eigenvalue weighted by Gasteiger charge is -1.81. The number of alkyl halides is 1. The zero-order valence-electron chi connectivity index (χ0n) is 3.37. The first-order valence-electron chi connectivity index (χ1n) is 1.70. The smallest absolute Gasteiger partial charge is 0.101 e. The second kappa shape index (κ2) is 2.40. The van der Waals surface area contributed by atoms with Gasteiger partial charge in [-0.15, -0.1) is 11.6 Å². The van der Waals surface area contributed by atoms with Crippen molar-refractivity contribution in [3.05, 3.63) is 6.92 Å². The molecule has 0 aliphatic rings. The number of halogens is 1. The van der Waals surface area contributed by atoms with Gasteiger partial charge in [0.1, 0.15) is 6.42 Å². The quantitative estimate of drug-likeness (QED) is 0.341. The minimum atomic E-state index is 0.245. The van der Waals surface area contributed by atoms with Gasteiger partial charge in [0.05, 0.1) is 12.3 Å². The Morgan fingerprint density at radius 3 is 2.20 bits per heavy atom. The molecule has 0 rings (SSSR count). The topological polar surface area (TPSA) is 0 Å². The first-order chi connectivity index (χ1) is 2.27. The molecule has 0 radical (unpaired) electrons. The molecule has 5 heavy (non-hydrogen) atoms. The molecule has 0 aromatic heterocycles. The monoisotopic (exact) mass is 91.0 g/mol. The molecule has 0 aromatic rings. The van der Waals surface area contributed by atoms with Gasteiger partial charge in [-0.3, -0.25) is 0 Å². The molecule has 0 spiro atoms. The van der Waals surface area contributed by atoms with Crippen LogP contribution in [0.3, 0.4) is 0 Å². The van der Waals surface area contributed by atoms with Gasteiger partial charge in [0, 0.05) is 0 Å². The summed E-state index contributed by atoms with van der Waals surface area (Å²) < 4.78 is 0. The summed E-state index contributed by atoms with van der Waals surface area (Å²) in [5.41, 5.74) is 0. The van der Waals surface area contributed by atoms with Crippen LogP contribution < -0.4 is 0 Å². The highest BCUT2D eigenvalue weighted by Crippen LogP contribution is 1.94. The molecule has 0 fully saturated rings. The maximum atomic E-state index is 5.40. The Morgan fingerprint density at radius 1 is 2.00 bits per heavy atom. The minimum Gasteiger partial charge on any atom is -0.119 e. The average Bonchev–Trinajstić information content (AvgIpc) is 1.38. The van der Waals surface area contributed by atoms with E-state index >= 15 is 0 Å². The number of hydrogen-bond acceptors (Lipinski definition) is 0. The van der Waals surface area contributed by atoms with E-state index in [-0.39, 0.29) is 5.38 Å². The zero-order valence-corrected chi connectivity index (χ0v) is 4.13. The normalized spacial score (nSPS) is 14.8. The predicted octanol–water partition coefficient (Wildman–Crippen LogP) is 1.84. The standard InChI is InChI=1S/C4H8Cl/c1-3-4(2)5/h4H,1,3H2,2H3/q+1. The highest BCUT2D eigenvalue weighted by molar-refractivity contribution is 6.20. The van der Waals surface area contributed by atoms with Crippen LogP contribution in [-0.2, 0) is 0 Å². The van der Waals surface area contributed by atoms with Crippen LogP contribution >= 0.6 is 11.6 Å². The van der Waals surface area contributed by atoms with Gasteiger partial charge in [-0.2, -0.15) is 0 Å². The molecule has 0 heterocycles. The van der Waals surface area contributed by atoms with E-state index in [0.29, 0.717) is 0 Å². The highest BCUT2D eigenvalue weighted by atomic mass is 35.5. The summed E-state index contributed by atoms with van der Waals surface area (Å²) in [5, 5.41) is 0.245. The van der Waals surface area contributed by atoms with E-state index in [1.165, 1.54) is 0 Å². The van der Waals surface area contributed by atoms with Crippen molar-refractivity contribution in [2.45, 2.75) is 18.7 Å². The van der Waals surface area contributed by atoms with Gasteiger partial charge in [-0.05, 0) is 6.92 Å². The van der Waals surface area contributed by atoms with Gasteiger partial charge in [0.2, 0.25) is 0 Å². The van der Waals surface area contributed by atoms with Crippen LogP contribution in [0.2, 0.25) is 0 Å². The fraction of sp³-hybridized carbons (Fsp3) is 0.750. The number of rotatable bonds is 1. The van der Waals surface area contributed by atoms with Crippen molar-refractivity contribution in [2.75, 3.05) is 0 Å². The maximum absolute atomic E-state index is 5.40. The second-order valence-electron chi connectivity index (χ2n) is 1.07. The van der Waals surface area contributed by atoms with Gasteiger partial charge in [0.15, 0.2) is 0 Å². The summed E-state index contributed by atoms with van der Waals surface area (Å²) in [5.74, 6) is 0. The summed E-state index contributed by atoms with van der Waals surface area (Å²) in [7, 11) is 0. The molecule has 1 unspecified atom stereocenters. The van der Waals surface area contributed by atoms with Crippen LogP contribution in [0.4, 0.5) is 0 Å². The van der Waals surface area contributed by atoms with Crippen LogP contribution in [-0.4, -0.2) is 5.38 Å². The molecule has 0 aliphatic carbocycles. The van der Waals surface area contributed by atoms with Crippen molar-refractivity contribution >= 4 is 11.6 Å². The van der Waals surface area contributed by atoms with Crippen molar-refractivity contribution in [1.82, 2.24) is 0 Å². The Hall–Kier alpha value is 0.160. The van der Waals surface area contributed by atoms with E-state index < -0.39 is 0 Å². The molecule has 1 heteroatoms. The largest absolute Gasteiger partial charge is 0.119 e. The van der Waals surface area contributed by atoms with Crippen molar-refractivity contribution in [1.29, 1.82) is 0 Å². The Balaban J connectivity index is 2.54. The maximum Gasteiger partial charge on any atom is 0.101 e. The van der Waals surface area contributed by atoms with Gasteiger partial charge >= 0.3 is 0 Å².